The number of nitrogens with one attached hydrogen (secondary N) is 1. The van der Waals surface area contributed by atoms with E-state index in [1.54, 1.807) is 6.07 Å². The van der Waals surface area contributed by atoms with Crippen molar-refractivity contribution in [1.29, 1.82) is 0 Å². The highest BCUT2D eigenvalue weighted by atomic mass is 19.1. The average molecular weight is 235 g/mol. The number of nitrogens with zero attached hydrogens (tertiary/aromatic N) is 2. The lowest BCUT2D eigenvalue weighted by atomic mass is 10.2. The number of benzene rings is 1. The molecule has 1 atom stereocenters. The van der Waals surface area contributed by atoms with Crippen LogP contribution in [0.3, 0.4) is 0 Å². The Hall–Kier alpha value is -1.42. The van der Waals surface area contributed by atoms with Gasteiger partial charge >= 0.3 is 0 Å². The summed E-state index contributed by atoms with van der Waals surface area (Å²) >= 11 is 0. The van der Waals surface area contributed by atoms with Gasteiger partial charge in [0.15, 0.2) is 0 Å². The normalized spacial score (nSPS) is 13.2. The summed E-state index contributed by atoms with van der Waals surface area (Å²) in [5, 5.41) is 3.35. The Kier molecular flexibility index (Phi) is 3.43. The number of fused-ring (bicyclic) bond motifs is 1. The maximum absolute atomic E-state index is 13.2. The third kappa shape index (κ3) is 2.47. The van der Waals surface area contributed by atoms with E-state index in [2.05, 4.69) is 24.1 Å². The average Bonchev–Trinajstić information content (AvgIpc) is 2.57. The van der Waals surface area contributed by atoms with Crippen molar-refractivity contribution in [3.8, 4) is 0 Å². The first kappa shape index (κ1) is 12.0. The van der Waals surface area contributed by atoms with Crippen LogP contribution in [0.4, 0.5) is 4.39 Å². The van der Waals surface area contributed by atoms with Crippen molar-refractivity contribution in [3.63, 3.8) is 0 Å². The van der Waals surface area contributed by atoms with Crippen molar-refractivity contribution in [3.05, 3.63) is 29.8 Å². The van der Waals surface area contributed by atoms with E-state index in [1.165, 1.54) is 12.1 Å². The first-order chi connectivity index (χ1) is 8.11. The minimum atomic E-state index is -0.216. The second-order valence-corrected chi connectivity index (χ2v) is 4.38. The molecule has 0 saturated heterocycles. The highest BCUT2D eigenvalue weighted by molar-refractivity contribution is 5.75. The molecule has 92 valence electrons. The fourth-order valence-corrected chi connectivity index (χ4v) is 2.09. The van der Waals surface area contributed by atoms with Gasteiger partial charge in [0.1, 0.15) is 11.6 Å². The lowest BCUT2D eigenvalue weighted by Crippen LogP contribution is -2.28. The zero-order valence-corrected chi connectivity index (χ0v) is 10.5. The van der Waals surface area contributed by atoms with Gasteiger partial charge in [0, 0.05) is 19.5 Å². The minimum absolute atomic E-state index is 0.216. The minimum Gasteiger partial charge on any atom is -0.331 e. The van der Waals surface area contributed by atoms with Crippen molar-refractivity contribution in [2.75, 3.05) is 6.54 Å². The van der Waals surface area contributed by atoms with Crippen LogP contribution in [0.1, 0.15) is 19.7 Å². The molecule has 0 fully saturated rings. The summed E-state index contributed by atoms with van der Waals surface area (Å²) in [5.74, 6) is 0.769. The first-order valence-corrected chi connectivity index (χ1v) is 5.96. The zero-order valence-electron chi connectivity index (χ0n) is 10.5. The predicted octanol–water partition coefficient (Wildman–Crippen LogP) is 2.25. The molecule has 0 spiro atoms. The number of aryl methyl sites for hydroxylation is 1. The number of hydrogen-bond donors (Lipinski definition) is 1. The Morgan fingerprint density at radius 2 is 2.24 bits per heavy atom. The second-order valence-electron chi connectivity index (χ2n) is 4.38. The molecule has 1 N–H and O–H groups in total. The molecule has 0 aliphatic carbocycles. The van der Waals surface area contributed by atoms with Gasteiger partial charge in [-0.2, -0.15) is 0 Å². The van der Waals surface area contributed by atoms with Crippen LogP contribution in [0, 0.1) is 5.82 Å². The fourth-order valence-electron chi connectivity index (χ4n) is 2.09. The monoisotopic (exact) mass is 235 g/mol. The van der Waals surface area contributed by atoms with E-state index < -0.39 is 0 Å². The topological polar surface area (TPSA) is 29.9 Å². The van der Waals surface area contributed by atoms with E-state index >= 15 is 0 Å². The van der Waals surface area contributed by atoms with Crippen LogP contribution < -0.4 is 5.32 Å². The SMILES string of the molecule is CCNC(C)Cc1nc2ccc(F)cc2n1C. The molecule has 2 aromatic rings. The van der Waals surface area contributed by atoms with Crippen molar-refractivity contribution < 1.29 is 4.39 Å². The smallest absolute Gasteiger partial charge is 0.125 e. The lowest BCUT2D eigenvalue weighted by molar-refractivity contribution is 0.545. The van der Waals surface area contributed by atoms with Crippen molar-refractivity contribution in [2.45, 2.75) is 26.3 Å². The fraction of sp³-hybridized carbons (Fsp3) is 0.462. The van der Waals surface area contributed by atoms with Crippen molar-refractivity contribution in [1.82, 2.24) is 14.9 Å². The first-order valence-electron chi connectivity index (χ1n) is 5.96. The van der Waals surface area contributed by atoms with E-state index in [-0.39, 0.29) is 5.82 Å². The number of imidazole rings is 1. The molecule has 3 nitrogen and oxygen atoms in total. The van der Waals surface area contributed by atoms with Crippen LogP contribution in [0.25, 0.3) is 11.0 Å². The van der Waals surface area contributed by atoms with E-state index in [0.29, 0.717) is 6.04 Å². The summed E-state index contributed by atoms with van der Waals surface area (Å²) in [5.41, 5.74) is 1.70. The highest BCUT2D eigenvalue weighted by Crippen LogP contribution is 2.17. The molecule has 0 radical (unpaired) electrons. The number of halogens is 1. The number of hydrogen-bond acceptors (Lipinski definition) is 2. The van der Waals surface area contributed by atoms with Crippen LogP contribution in [-0.4, -0.2) is 22.1 Å². The molecule has 4 heteroatoms. The summed E-state index contributed by atoms with van der Waals surface area (Å²) in [6.45, 7) is 5.16. The summed E-state index contributed by atoms with van der Waals surface area (Å²) < 4.78 is 15.1. The van der Waals surface area contributed by atoms with Gasteiger partial charge in [0.2, 0.25) is 0 Å². The molecule has 1 heterocycles. The molecular formula is C13H18FN3. The molecule has 1 aromatic heterocycles. The Morgan fingerprint density at radius 1 is 1.47 bits per heavy atom. The summed E-state index contributed by atoms with van der Waals surface area (Å²) in [6, 6.07) is 5.09. The number of rotatable bonds is 4. The van der Waals surface area contributed by atoms with Crippen LogP contribution in [0.15, 0.2) is 18.2 Å². The third-order valence-electron chi connectivity index (χ3n) is 2.98. The van der Waals surface area contributed by atoms with Crippen molar-refractivity contribution >= 4 is 11.0 Å². The Balaban J connectivity index is 2.32. The van der Waals surface area contributed by atoms with E-state index in [1.807, 2.05) is 11.6 Å². The van der Waals surface area contributed by atoms with Crippen molar-refractivity contribution in [2.24, 2.45) is 7.05 Å². The number of aromatic nitrogens is 2. The molecule has 17 heavy (non-hydrogen) atoms. The highest BCUT2D eigenvalue weighted by Gasteiger charge is 2.11. The lowest BCUT2D eigenvalue weighted by Gasteiger charge is -2.11. The quantitative estimate of drug-likeness (QED) is 0.881. The van der Waals surface area contributed by atoms with Gasteiger partial charge in [-0.15, -0.1) is 0 Å². The Bertz CT molecular complexity index is 519. The van der Waals surface area contributed by atoms with Crippen LogP contribution in [-0.2, 0) is 13.5 Å². The maximum Gasteiger partial charge on any atom is 0.125 e. The van der Waals surface area contributed by atoms with Gasteiger partial charge in [0.25, 0.3) is 0 Å². The summed E-state index contributed by atoms with van der Waals surface area (Å²) in [7, 11) is 1.93. The van der Waals surface area contributed by atoms with Gasteiger partial charge in [-0.1, -0.05) is 6.92 Å². The molecule has 0 aliphatic heterocycles. The van der Waals surface area contributed by atoms with Gasteiger partial charge in [0.05, 0.1) is 11.0 Å². The molecule has 0 saturated carbocycles. The van der Waals surface area contributed by atoms with Gasteiger partial charge in [-0.25, -0.2) is 9.37 Å². The van der Waals surface area contributed by atoms with Crippen LogP contribution in [0.5, 0.6) is 0 Å². The molecule has 1 unspecified atom stereocenters. The largest absolute Gasteiger partial charge is 0.331 e. The van der Waals surface area contributed by atoms with Gasteiger partial charge in [-0.05, 0) is 31.7 Å². The molecular weight excluding hydrogens is 217 g/mol. The standard InChI is InChI=1S/C13H18FN3/c1-4-15-9(2)7-13-16-11-6-5-10(14)8-12(11)17(13)3/h5-6,8-9,15H,4,7H2,1-3H3. The summed E-state index contributed by atoms with van der Waals surface area (Å²) in [4.78, 5) is 4.53. The molecule has 0 bridgehead atoms. The predicted molar refractivity (Wildman–Crippen MR) is 67.5 cm³/mol. The van der Waals surface area contributed by atoms with Crippen LogP contribution >= 0.6 is 0 Å². The molecule has 0 amide bonds. The summed E-state index contributed by atoms with van der Waals surface area (Å²) in [6.07, 6.45) is 0.848. The van der Waals surface area contributed by atoms with Gasteiger partial charge in [-0.3, -0.25) is 0 Å². The zero-order chi connectivity index (χ0) is 12.4. The molecule has 2 rings (SSSR count). The van der Waals surface area contributed by atoms with E-state index in [9.17, 15) is 4.39 Å². The Labute approximate surface area is 101 Å². The second kappa shape index (κ2) is 4.84. The Morgan fingerprint density at radius 3 is 2.94 bits per heavy atom. The third-order valence-corrected chi connectivity index (χ3v) is 2.98. The van der Waals surface area contributed by atoms with E-state index in [0.717, 1.165) is 29.8 Å². The van der Waals surface area contributed by atoms with Crippen LogP contribution in [0.2, 0.25) is 0 Å². The maximum atomic E-state index is 13.2. The molecule has 0 aliphatic rings. The molecule has 1 aromatic carbocycles. The van der Waals surface area contributed by atoms with E-state index in [4.69, 9.17) is 0 Å². The van der Waals surface area contributed by atoms with Gasteiger partial charge < -0.3 is 9.88 Å². The number of likely N-dealkylation sites (N-methyl/N-ethyl adjacent to an activating group) is 1.